The van der Waals surface area contributed by atoms with Crippen LogP contribution in [0.25, 0.3) is 0 Å². The molecular formula is C15H23NOS. The first-order valence-corrected chi connectivity index (χ1v) is 7.88. The topological polar surface area (TPSA) is 21.3 Å². The Morgan fingerprint density at radius 1 is 1.33 bits per heavy atom. The molecule has 2 rings (SSSR count). The number of nitrogens with one attached hydrogen (secondary N) is 1. The standard InChI is InChI=1S/C15H23NOS/c1-12(2)17-14-7-5-4-6-13(14)10-16-11-15(18-3)8-9-15/h4-7,12,16H,8-11H2,1-3H3. The molecule has 2 nitrogen and oxygen atoms in total. The van der Waals surface area contributed by atoms with Crippen LogP contribution in [0.4, 0.5) is 0 Å². The Bertz CT molecular complexity index is 388. The third-order valence-electron chi connectivity index (χ3n) is 3.34. The van der Waals surface area contributed by atoms with E-state index in [0.29, 0.717) is 4.75 Å². The molecule has 0 saturated heterocycles. The van der Waals surface area contributed by atoms with E-state index in [0.717, 1.165) is 18.8 Å². The van der Waals surface area contributed by atoms with Crippen LogP contribution in [0.1, 0.15) is 32.3 Å². The van der Waals surface area contributed by atoms with Gasteiger partial charge in [-0.1, -0.05) is 18.2 Å². The van der Waals surface area contributed by atoms with Crippen LogP contribution in [0, 0.1) is 0 Å². The Morgan fingerprint density at radius 3 is 2.67 bits per heavy atom. The lowest BCUT2D eigenvalue weighted by atomic mass is 10.2. The molecule has 0 unspecified atom stereocenters. The van der Waals surface area contributed by atoms with Gasteiger partial charge in [0.25, 0.3) is 0 Å². The normalized spacial score (nSPS) is 16.9. The summed E-state index contributed by atoms with van der Waals surface area (Å²) in [6, 6.07) is 8.30. The van der Waals surface area contributed by atoms with Crippen LogP contribution in [0.15, 0.2) is 24.3 Å². The summed E-state index contributed by atoms with van der Waals surface area (Å²) in [5.41, 5.74) is 1.25. The van der Waals surface area contributed by atoms with Gasteiger partial charge < -0.3 is 10.1 Å². The number of hydrogen-bond donors (Lipinski definition) is 1. The molecule has 0 bridgehead atoms. The van der Waals surface area contributed by atoms with Crippen molar-refractivity contribution in [2.45, 2.75) is 44.1 Å². The molecule has 1 aromatic rings. The van der Waals surface area contributed by atoms with E-state index in [2.05, 4.69) is 43.6 Å². The highest BCUT2D eigenvalue weighted by atomic mass is 32.2. The van der Waals surface area contributed by atoms with Crippen LogP contribution in [0.2, 0.25) is 0 Å². The largest absolute Gasteiger partial charge is 0.491 e. The lowest BCUT2D eigenvalue weighted by molar-refractivity contribution is 0.239. The zero-order valence-corrected chi connectivity index (χ0v) is 12.3. The maximum atomic E-state index is 5.82. The summed E-state index contributed by atoms with van der Waals surface area (Å²) in [6.07, 6.45) is 5.15. The highest BCUT2D eigenvalue weighted by Crippen LogP contribution is 2.46. The molecule has 0 heterocycles. The second-order valence-corrected chi connectivity index (χ2v) is 6.54. The van der Waals surface area contributed by atoms with Gasteiger partial charge >= 0.3 is 0 Å². The second-order valence-electron chi connectivity index (χ2n) is 5.27. The third-order valence-corrected chi connectivity index (χ3v) is 4.76. The predicted octanol–water partition coefficient (Wildman–Crippen LogP) is 3.46. The number of ether oxygens (including phenoxy) is 1. The predicted molar refractivity (Wildman–Crippen MR) is 79.4 cm³/mol. The first kappa shape index (κ1) is 13.8. The van der Waals surface area contributed by atoms with Crippen LogP contribution >= 0.6 is 11.8 Å². The van der Waals surface area contributed by atoms with Crippen molar-refractivity contribution in [3.63, 3.8) is 0 Å². The maximum absolute atomic E-state index is 5.82. The monoisotopic (exact) mass is 265 g/mol. The Hall–Kier alpha value is -0.670. The van der Waals surface area contributed by atoms with Gasteiger partial charge in [0, 0.05) is 23.4 Å². The minimum absolute atomic E-state index is 0.229. The molecule has 1 saturated carbocycles. The highest BCUT2D eigenvalue weighted by Gasteiger charge is 2.41. The first-order chi connectivity index (χ1) is 8.65. The SMILES string of the molecule is CSC1(CNCc2ccccc2OC(C)C)CC1. The fraction of sp³-hybridized carbons (Fsp3) is 0.600. The number of rotatable bonds is 7. The average molecular weight is 265 g/mol. The van der Waals surface area contributed by atoms with Gasteiger partial charge in [-0.25, -0.2) is 0 Å². The molecule has 3 heteroatoms. The van der Waals surface area contributed by atoms with Crippen molar-refractivity contribution in [1.82, 2.24) is 5.32 Å². The van der Waals surface area contributed by atoms with E-state index >= 15 is 0 Å². The van der Waals surface area contributed by atoms with Gasteiger partial charge in [-0.05, 0) is 39.0 Å². The van der Waals surface area contributed by atoms with Gasteiger partial charge in [-0.2, -0.15) is 11.8 Å². The fourth-order valence-corrected chi connectivity index (χ4v) is 2.79. The molecule has 0 amide bonds. The number of para-hydroxylation sites is 1. The molecule has 0 radical (unpaired) electrons. The zero-order chi connectivity index (χ0) is 13.0. The number of hydrogen-bond acceptors (Lipinski definition) is 3. The van der Waals surface area contributed by atoms with Crippen LogP contribution in [0.3, 0.4) is 0 Å². The van der Waals surface area contributed by atoms with Crippen molar-refractivity contribution >= 4 is 11.8 Å². The molecule has 100 valence electrons. The molecule has 0 aromatic heterocycles. The van der Waals surface area contributed by atoms with Crippen LogP contribution in [-0.4, -0.2) is 23.7 Å². The molecule has 1 N–H and O–H groups in total. The van der Waals surface area contributed by atoms with Gasteiger partial charge in [0.2, 0.25) is 0 Å². The molecule has 1 fully saturated rings. The summed E-state index contributed by atoms with van der Waals surface area (Å²) in [4.78, 5) is 0. The molecule has 1 aliphatic carbocycles. The lowest BCUT2D eigenvalue weighted by Gasteiger charge is -2.16. The Labute approximate surface area is 114 Å². The quantitative estimate of drug-likeness (QED) is 0.816. The first-order valence-electron chi connectivity index (χ1n) is 6.66. The van der Waals surface area contributed by atoms with Crippen molar-refractivity contribution < 1.29 is 4.74 Å². The fourth-order valence-electron chi connectivity index (χ4n) is 2.04. The van der Waals surface area contributed by atoms with E-state index in [-0.39, 0.29) is 6.10 Å². The Balaban J connectivity index is 1.88. The van der Waals surface area contributed by atoms with Gasteiger partial charge in [0.15, 0.2) is 0 Å². The third kappa shape index (κ3) is 3.66. The summed E-state index contributed by atoms with van der Waals surface area (Å²) in [7, 11) is 0. The van der Waals surface area contributed by atoms with Crippen molar-refractivity contribution in [3.8, 4) is 5.75 Å². The van der Waals surface area contributed by atoms with E-state index in [4.69, 9.17) is 4.74 Å². The Morgan fingerprint density at radius 2 is 2.06 bits per heavy atom. The van der Waals surface area contributed by atoms with Crippen molar-refractivity contribution in [2.75, 3.05) is 12.8 Å². The molecule has 0 aliphatic heterocycles. The van der Waals surface area contributed by atoms with Crippen LogP contribution in [-0.2, 0) is 6.54 Å². The average Bonchev–Trinajstić information content (AvgIpc) is 3.11. The minimum Gasteiger partial charge on any atom is -0.491 e. The minimum atomic E-state index is 0.229. The number of thioether (sulfide) groups is 1. The van der Waals surface area contributed by atoms with Crippen LogP contribution in [0.5, 0.6) is 5.75 Å². The molecule has 1 aliphatic rings. The van der Waals surface area contributed by atoms with Gasteiger partial charge in [0.1, 0.15) is 5.75 Å². The maximum Gasteiger partial charge on any atom is 0.124 e. The van der Waals surface area contributed by atoms with Crippen molar-refractivity contribution in [2.24, 2.45) is 0 Å². The second kappa shape index (κ2) is 5.98. The van der Waals surface area contributed by atoms with Gasteiger partial charge in [-0.3, -0.25) is 0 Å². The van der Waals surface area contributed by atoms with Crippen molar-refractivity contribution in [1.29, 1.82) is 0 Å². The molecular weight excluding hydrogens is 242 g/mol. The van der Waals surface area contributed by atoms with E-state index < -0.39 is 0 Å². The van der Waals surface area contributed by atoms with Crippen LogP contribution < -0.4 is 10.1 Å². The summed E-state index contributed by atoms with van der Waals surface area (Å²) in [5.74, 6) is 1.01. The van der Waals surface area contributed by atoms with E-state index in [1.54, 1.807) is 0 Å². The molecule has 0 atom stereocenters. The summed E-state index contributed by atoms with van der Waals surface area (Å²) in [5, 5.41) is 3.57. The molecule has 18 heavy (non-hydrogen) atoms. The lowest BCUT2D eigenvalue weighted by Crippen LogP contribution is -2.25. The highest BCUT2D eigenvalue weighted by molar-refractivity contribution is 8.00. The summed E-state index contributed by atoms with van der Waals surface area (Å²) >= 11 is 1.99. The van der Waals surface area contributed by atoms with Gasteiger partial charge in [-0.15, -0.1) is 0 Å². The summed E-state index contributed by atoms with van der Waals surface area (Å²) in [6.45, 7) is 6.13. The summed E-state index contributed by atoms with van der Waals surface area (Å²) < 4.78 is 6.35. The van der Waals surface area contributed by atoms with E-state index in [1.165, 1.54) is 18.4 Å². The van der Waals surface area contributed by atoms with E-state index in [1.807, 2.05) is 17.8 Å². The Kier molecular flexibility index (Phi) is 4.57. The number of benzene rings is 1. The van der Waals surface area contributed by atoms with E-state index in [9.17, 15) is 0 Å². The van der Waals surface area contributed by atoms with Gasteiger partial charge in [0.05, 0.1) is 6.10 Å². The smallest absolute Gasteiger partial charge is 0.124 e. The van der Waals surface area contributed by atoms with Crippen molar-refractivity contribution in [3.05, 3.63) is 29.8 Å². The molecule has 0 spiro atoms. The zero-order valence-electron chi connectivity index (χ0n) is 11.5. The molecule has 1 aromatic carbocycles.